The number of nitrogens with zero attached hydrogens (tertiary/aromatic N) is 1. The van der Waals surface area contributed by atoms with Gasteiger partial charge in [-0.05, 0) is 79.7 Å². The quantitative estimate of drug-likeness (QED) is 0.158. The van der Waals surface area contributed by atoms with Gasteiger partial charge in [-0.3, -0.25) is 19.2 Å². The average molecular weight is 622 g/mol. The van der Waals surface area contributed by atoms with E-state index in [1.807, 2.05) is 13.0 Å². The molecule has 0 aromatic heterocycles. The maximum Gasteiger partial charge on any atom is 0.272 e. The molecular formula is C35H31N3O6S. The molecule has 0 aliphatic carbocycles. The van der Waals surface area contributed by atoms with Crippen molar-refractivity contribution in [2.75, 3.05) is 23.9 Å². The van der Waals surface area contributed by atoms with E-state index in [-0.39, 0.29) is 23.9 Å². The molecule has 4 aromatic carbocycles. The van der Waals surface area contributed by atoms with Gasteiger partial charge in [0.15, 0.2) is 0 Å². The molecule has 1 saturated heterocycles. The predicted octanol–water partition coefficient (Wildman–Crippen LogP) is 5.93. The summed E-state index contributed by atoms with van der Waals surface area (Å²) in [7, 11) is 1.53. The number of hydrogen-bond acceptors (Lipinski definition) is 7. The molecule has 228 valence electrons. The summed E-state index contributed by atoms with van der Waals surface area (Å²) >= 11 is 1.29. The van der Waals surface area contributed by atoms with Gasteiger partial charge in [-0.15, -0.1) is 11.8 Å². The molecule has 1 aliphatic heterocycles. The fourth-order valence-electron chi connectivity index (χ4n) is 4.69. The number of para-hydroxylation sites is 1. The summed E-state index contributed by atoms with van der Waals surface area (Å²) in [5, 5.41) is 4.97. The van der Waals surface area contributed by atoms with Crippen LogP contribution in [0.3, 0.4) is 0 Å². The van der Waals surface area contributed by atoms with Gasteiger partial charge in [0.1, 0.15) is 17.2 Å². The number of methoxy groups -OCH3 is 1. The fourth-order valence-corrected chi connectivity index (χ4v) is 5.74. The summed E-state index contributed by atoms with van der Waals surface area (Å²) in [6.45, 7) is 2.40. The Morgan fingerprint density at radius 2 is 1.60 bits per heavy atom. The second-order valence-corrected chi connectivity index (χ2v) is 11.2. The molecule has 5 rings (SSSR count). The fraction of sp³-hybridized carbons (Fsp3) is 0.143. The SMILES string of the molecule is CCOc1ccc(N2C(=O)CC(Sc3ccc(NC(=O)/C(=C/c4ccccc4OC)NC(=O)c4ccccc4)cc3)C2=O)cc1. The van der Waals surface area contributed by atoms with Gasteiger partial charge < -0.3 is 20.1 Å². The molecule has 1 unspecified atom stereocenters. The Morgan fingerprint density at radius 3 is 2.29 bits per heavy atom. The van der Waals surface area contributed by atoms with Gasteiger partial charge in [0.2, 0.25) is 11.8 Å². The summed E-state index contributed by atoms with van der Waals surface area (Å²) in [4.78, 5) is 54.2. The van der Waals surface area contributed by atoms with Gasteiger partial charge in [-0.2, -0.15) is 0 Å². The molecule has 1 heterocycles. The molecule has 10 heteroatoms. The van der Waals surface area contributed by atoms with E-state index >= 15 is 0 Å². The first-order valence-corrected chi connectivity index (χ1v) is 15.1. The van der Waals surface area contributed by atoms with Crippen LogP contribution in [-0.4, -0.2) is 42.6 Å². The molecule has 0 saturated carbocycles. The lowest BCUT2D eigenvalue weighted by Crippen LogP contribution is -2.31. The highest BCUT2D eigenvalue weighted by molar-refractivity contribution is 8.00. The molecule has 1 atom stereocenters. The zero-order chi connectivity index (χ0) is 31.8. The van der Waals surface area contributed by atoms with Crippen LogP contribution in [0.1, 0.15) is 29.3 Å². The summed E-state index contributed by atoms with van der Waals surface area (Å²) in [6.07, 6.45) is 1.63. The van der Waals surface area contributed by atoms with Gasteiger partial charge in [-0.1, -0.05) is 36.4 Å². The third-order valence-corrected chi connectivity index (χ3v) is 8.07. The van der Waals surface area contributed by atoms with E-state index in [1.165, 1.54) is 23.8 Å². The van der Waals surface area contributed by atoms with Crippen LogP contribution in [0.2, 0.25) is 0 Å². The maximum absolute atomic E-state index is 13.4. The number of ether oxygens (including phenoxy) is 2. The minimum Gasteiger partial charge on any atom is -0.496 e. The van der Waals surface area contributed by atoms with Crippen molar-refractivity contribution in [3.63, 3.8) is 0 Å². The molecule has 2 N–H and O–H groups in total. The molecule has 4 aromatic rings. The Bertz CT molecular complexity index is 1720. The highest BCUT2D eigenvalue weighted by Gasteiger charge is 2.40. The average Bonchev–Trinajstić information content (AvgIpc) is 3.34. The minimum atomic E-state index is -0.576. The standard InChI is InChI=1S/C35H31N3O6S/c1-3-44-27-17-15-26(16-18-27)38-32(39)22-31(35(38)42)45-28-19-13-25(14-20-28)36-34(41)29(21-24-11-7-8-12-30(24)43-2)37-33(40)23-9-5-4-6-10-23/h4-21,31H,3,22H2,1-2H3,(H,36,41)(H,37,40)/b29-21-. The minimum absolute atomic E-state index is 0.0243. The summed E-state index contributed by atoms with van der Waals surface area (Å²) in [5.41, 5.74) is 2.02. The first-order chi connectivity index (χ1) is 21.9. The second-order valence-electron chi connectivity index (χ2n) is 9.90. The molecule has 0 bridgehead atoms. The molecule has 1 fully saturated rings. The highest BCUT2D eigenvalue weighted by Crippen LogP contribution is 2.35. The first kappa shape index (κ1) is 31.1. The van der Waals surface area contributed by atoms with E-state index in [1.54, 1.807) is 103 Å². The topological polar surface area (TPSA) is 114 Å². The van der Waals surface area contributed by atoms with Crippen molar-refractivity contribution in [3.8, 4) is 11.5 Å². The van der Waals surface area contributed by atoms with Gasteiger partial charge in [0, 0.05) is 28.1 Å². The van der Waals surface area contributed by atoms with Gasteiger partial charge in [-0.25, -0.2) is 4.90 Å². The van der Waals surface area contributed by atoms with E-state index < -0.39 is 17.1 Å². The largest absolute Gasteiger partial charge is 0.496 e. The van der Waals surface area contributed by atoms with Crippen LogP contribution in [0.25, 0.3) is 6.08 Å². The van der Waals surface area contributed by atoms with Crippen LogP contribution in [0.4, 0.5) is 11.4 Å². The molecule has 45 heavy (non-hydrogen) atoms. The van der Waals surface area contributed by atoms with Crippen LogP contribution < -0.4 is 25.0 Å². The predicted molar refractivity (Wildman–Crippen MR) is 174 cm³/mol. The summed E-state index contributed by atoms with van der Waals surface area (Å²) in [5.74, 6) is -0.315. The Kier molecular flexibility index (Phi) is 9.96. The smallest absolute Gasteiger partial charge is 0.272 e. The molecule has 4 amide bonds. The Labute approximate surface area is 265 Å². The Morgan fingerprint density at radius 1 is 0.911 bits per heavy atom. The number of carbonyl (C=O) groups excluding carboxylic acids is 4. The van der Waals surface area contributed by atoms with E-state index in [2.05, 4.69) is 10.6 Å². The zero-order valence-corrected chi connectivity index (χ0v) is 25.5. The van der Waals surface area contributed by atoms with Crippen LogP contribution in [0.5, 0.6) is 11.5 Å². The van der Waals surface area contributed by atoms with Crippen LogP contribution in [0.15, 0.2) is 114 Å². The molecule has 9 nitrogen and oxygen atoms in total. The van der Waals surface area contributed by atoms with Gasteiger partial charge in [0.05, 0.1) is 24.7 Å². The third kappa shape index (κ3) is 7.60. The molecule has 0 radical (unpaired) electrons. The summed E-state index contributed by atoms with van der Waals surface area (Å²) < 4.78 is 10.9. The van der Waals surface area contributed by atoms with Crippen molar-refractivity contribution in [1.29, 1.82) is 0 Å². The number of thioether (sulfide) groups is 1. The number of anilines is 2. The van der Waals surface area contributed by atoms with E-state index in [4.69, 9.17) is 9.47 Å². The van der Waals surface area contributed by atoms with Crippen LogP contribution in [0, 0.1) is 0 Å². The van der Waals surface area contributed by atoms with Crippen molar-refractivity contribution in [1.82, 2.24) is 5.32 Å². The lowest BCUT2D eigenvalue weighted by molar-refractivity contribution is -0.121. The van der Waals surface area contributed by atoms with E-state index in [9.17, 15) is 19.2 Å². The number of rotatable bonds is 11. The highest BCUT2D eigenvalue weighted by atomic mass is 32.2. The van der Waals surface area contributed by atoms with E-state index in [0.717, 1.165) is 4.90 Å². The number of hydrogen-bond donors (Lipinski definition) is 2. The molecular weight excluding hydrogens is 590 g/mol. The van der Waals surface area contributed by atoms with Crippen molar-refractivity contribution in [2.45, 2.75) is 23.5 Å². The van der Waals surface area contributed by atoms with Crippen molar-refractivity contribution in [3.05, 3.63) is 120 Å². The summed E-state index contributed by atoms with van der Waals surface area (Å²) in [6, 6.07) is 29.5. The maximum atomic E-state index is 13.4. The van der Waals surface area contributed by atoms with E-state index in [0.29, 0.717) is 40.6 Å². The Hall–Kier alpha value is -5.35. The van der Waals surface area contributed by atoms with Crippen LogP contribution >= 0.6 is 11.8 Å². The lowest BCUT2D eigenvalue weighted by Gasteiger charge is -2.15. The number of carbonyl (C=O) groups is 4. The monoisotopic (exact) mass is 621 g/mol. The second kappa shape index (κ2) is 14.4. The van der Waals surface area contributed by atoms with Crippen molar-refractivity contribution in [2.24, 2.45) is 0 Å². The number of nitrogens with one attached hydrogen (secondary N) is 2. The molecule has 1 aliphatic rings. The lowest BCUT2D eigenvalue weighted by atomic mass is 10.1. The number of imide groups is 1. The van der Waals surface area contributed by atoms with Crippen molar-refractivity contribution >= 4 is 52.8 Å². The number of benzene rings is 4. The third-order valence-electron chi connectivity index (χ3n) is 6.87. The van der Waals surface area contributed by atoms with Crippen LogP contribution in [-0.2, 0) is 14.4 Å². The zero-order valence-electron chi connectivity index (χ0n) is 24.7. The Balaban J connectivity index is 1.28. The molecule has 0 spiro atoms. The van der Waals surface area contributed by atoms with Crippen molar-refractivity contribution < 1.29 is 28.7 Å². The first-order valence-electron chi connectivity index (χ1n) is 14.2. The van der Waals surface area contributed by atoms with Gasteiger partial charge >= 0.3 is 0 Å². The van der Waals surface area contributed by atoms with Gasteiger partial charge in [0.25, 0.3) is 11.8 Å². The normalized spacial score (nSPS) is 14.7. The number of amides is 4.